The Bertz CT molecular complexity index is 558. The second kappa shape index (κ2) is 4.49. The van der Waals surface area contributed by atoms with Gasteiger partial charge < -0.3 is 0 Å². The summed E-state index contributed by atoms with van der Waals surface area (Å²) < 4.78 is 1.96. The number of aromatic nitrogens is 3. The van der Waals surface area contributed by atoms with E-state index < -0.39 is 0 Å². The summed E-state index contributed by atoms with van der Waals surface area (Å²) in [6, 6.07) is 1.84. The first kappa shape index (κ1) is 11.5. The maximum absolute atomic E-state index is 10.8. The van der Waals surface area contributed by atoms with E-state index in [0.717, 1.165) is 35.3 Å². The Hall–Kier alpha value is -1.97. The molecule has 88 valence electrons. The van der Waals surface area contributed by atoms with Gasteiger partial charge in [0, 0.05) is 41.3 Å². The molecular formula is C13H15N3O. The second-order valence-corrected chi connectivity index (χ2v) is 3.99. The normalized spacial score (nSPS) is 10.5. The van der Waals surface area contributed by atoms with Gasteiger partial charge in [0.2, 0.25) is 0 Å². The largest absolute Gasteiger partial charge is 0.298 e. The quantitative estimate of drug-likeness (QED) is 0.759. The van der Waals surface area contributed by atoms with Crippen LogP contribution in [0.5, 0.6) is 0 Å². The Kier molecular flexibility index (Phi) is 3.04. The van der Waals surface area contributed by atoms with E-state index in [0.29, 0.717) is 5.56 Å². The van der Waals surface area contributed by atoms with Gasteiger partial charge in [0.05, 0.1) is 5.69 Å². The van der Waals surface area contributed by atoms with E-state index in [9.17, 15) is 4.79 Å². The lowest BCUT2D eigenvalue weighted by Gasteiger charge is -2.03. The van der Waals surface area contributed by atoms with Crippen LogP contribution in [0.15, 0.2) is 18.5 Å². The summed E-state index contributed by atoms with van der Waals surface area (Å²) in [5, 5.41) is 4.46. The Balaban J connectivity index is 2.59. The van der Waals surface area contributed by atoms with Gasteiger partial charge in [-0.05, 0) is 26.8 Å². The van der Waals surface area contributed by atoms with Gasteiger partial charge in [-0.3, -0.25) is 14.5 Å². The number of aldehydes is 1. The molecule has 0 spiro atoms. The van der Waals surface area contributed by atoms with Crippen LogP contribution in [0.25, 0.3) is 11.1 Å². The minimum absolute atomic E-state index is 0.588. The van der Waals surface area contributed by atoms with E-state index in [1.165, 1.54) is 0 Å². The molecule has 0 atom stereocenters. The Morgan fingerprint density at radius 2 is 2.12 bits per heavy atom. The Morgan fingerprint density at radius 3 is 2.71 bits per heavy atom. The van der Waals surface area contributed by atoms with Crippen molar-refractivity contribution in [2.75, 3.05) is 0 Å². The van der Waals surface area contributed by atoms with E-state index >= 15 is 0 Å². The van der Waals surface area contributed by atoms with Crippen molar-refractivity contribution in [3.05, 3.63) is 35.4 Å². The third kappa shape index (κ3) is 1.98. The SMILES string of the molecule is CCn1nc(C)c(-c2cncc(C=O)c2)c1C. The standard InChI is InChI=1S/C13H15N3O/c1-4-16-10(3)13(9(2)15-16)12-5-11(8-17)6-14-7-12/h5-8H,4H2,1-3H3. The van der Waals surface area contributed by atoms with Crippen LogP contribution in [0.3, 0.4) is 0 Å². The third-order valence-corrected chi connectivity index (χ3v) is 2.87. The molecular weight excluding hydrogens is 214 g/mol. The molecule has 0 amide bonds. The highest BCUT2D eigenvalue weighted by molar-refractivity contribution is 5.79. The molecule has 0 bridgehead atoms. The maximum Gasteiger partial charge on any atom is 0.151 e. The molecule has 0 radical (unpaired) electrons. The molecule has 17 heavy (non-hydrogen) atoms. The number of rotatable bonds is 3. The van der Waals surface area contributed by atoms with Crippen LogP contribution in [-0.2, 0) is 6.54 Å². The second-order valence-electron chi connectivity index (χ2n) is 3.99. The number of hydrogen-bond acceptors (Lipinski definition) is 3. The zero-order chi connectivity index (χ0) is 12.4. The zero-order valence-electron chi connectivity index (χ0n) is 10.3. The van der Waals surface area contributed by atoms with Crippen LogP contribution < -0.4 is 0 Å². The highest BCUT2D eigenvalue weighted by atomic mass is 16.1. The molecule has 0 saturated carbocycles. The smallest absolute Gasteiger partial charge is 0.151 e. The average molecular weight is 229 g/mol. The number of pyridine rings is 1. The first-order valence-electron chi connectivity index (χ1n) is 5.62. The fourth-order valence-electron chi connectivity index (χ4n) is 2.08. The molecule has 2 heterocycles. The lowest BCUT2D eigenvalue weighted by Crippen LogP contribution is -1.98. The van der Waals surface area contributed by atoms with Crippen molar-refractivity contribution < 1.29 is 4.79 Å². The molecule has 2 rings (SSSR count). The van der Waals surface area contributed by atoms with Crippen molar-refractivity contribution >= 4 is 6.29 Å². The van der Waals surface area contributed by atoms with Gasteiger partial charge in [0.25, 0.3) is 0 Å². The van der Waals surface area contributed by atoms with Gasteiger partial charge in [-0.1, -0.05) is 0 Å². The van der Waals surface area contributed by atoms with Crippen LogP contribution in [0, 0.1) is 13.8 Å². The van der Waals surface area contributed by atoms with Crippen molar-refractivity contribution in [3.8, 4) is 11.1 Å². The van der Waals surface area contributed by atoms with Gasteiger partial charge in [-0.25, -0.2) is 0 Å². The van der Waals surface area contributed by atoms with Crippen LogP contribution in [0.4, 0.5) is 0 Å². The predicted octanol–water partition coefficient (Wildman–Crippen LogP) is 2.39. The third-order valence-electron chi connectivity index (χ3n) is 2.87. The van der Waals surface area contributed by atoms with Gasteiger partial charge >= 0.3 is 0 Å². The van der Waals surface area contributed by atoms with Crippen LogP contribution >= 0.6 is 0 Å². The topological polar surface area (TPSA) is 47.8 Å². The molecule has 0 unspecified atom stereocenters. The monoisotopic (exact) mass is 229 g/mol. The van der Waals surface area contributed by atoms with E-state index in [1.54, 1.807) is 12.4 Å². The Morgan fingerprint density at radius 1 is 1.35 bits per heavy atom. The molecule has 0 saturated heterocycles. The predicted molar refractivity (Wildman–Crippen MR) is 66.0 cm³/mol. The number of hydrogen-bond donors (Lipinski definition) is 0. The fourth-order valence-corrected chi connectivity index (χ4v) is 2.08. The minimum Gasteiger partial charge on any atom is -0.298 e. The van der Waals surface area contributed by atoms with Crippen LogP contribution in [-0.4, -0.2) is 21.1 Å². The number of nitrogens with zero attached hydrogens (tertiary/aromatic N) is 3. The van der Waals surface area contributed by atoms with Crippen molar-refractivity contribution in [3.63, 3.8) is 0 Å². The van der Waals surface area contributed by atoms with Crippen molar-refractivity contribution in [1.82, 2.24) is 14.8 Å². The van der Waals surface area contributed by atoms with Crippen LogP contribution in [0.2, 0.25) is 0 Å². The molecule has 2 aromatic rings. The molecule has 4 heteroatoms. The van der Waals surface area contributed by atoms with E-state index in [4.69, 9.17) is 0 Å². The lowest BCUT2D eigenvalue weighted by molar-refractivity contribution is 0.112. The summed E-state index contributed by atoms with van der Waals surface area (Å²) in [7, 11) is 0. The first-order chi connectivity index (χ1) is 8.17. The van der Waals surface area contributed by atoms with Gasteiger partial charge in [-0.2, -0.15) is 5.10 Å². The fraction of sp³-hybridized carbons (Fsp3) is 0.308. The molecule has 0 aliphatic heterocycles. The summed E-state index contributed by atoms with van der Waals surface area (Å²) in [5.41, 5.74) is 4.68. The molecule has 0 N–H and O–H groups in total. The lowest BCUT2D eigenvalue weighted by atomic mass is 10.0. The Labute approximate surface area is 100 Å². The van der Waals surface area contributed by atoms with Gasteiger partial charge in [-0.15, -0.1) is 0 Å². The first-order valence-corrected chi connectivity index (χ1v) is 5.62. The highest BCUT2D eigenvalue weighted by Gasteiger charge is 2.13. The molecule has 2 aromatic heterocycles. The minimum atomic E-state index is 0.588. The van der Waals surface area contributed by atoms with Crippen molar-refractivity contribution in [2.45, 2.75) is 27.3 Å². The van der Waals surface area contributed by atoms with E-state index in [-0.39, 0.29) is 0 Å². The summed E-state index contributed by atoms with van der Waals surface area (Å²) in [5.74, 6) is 0. The average Bonchev–Trinajstić information content (AvgIpc) is 2.64. The zero-order valence-corrected chi connectivity index (χ0v) is 10.3. The van der Waals surface area contributed by atoms with Crippen molar-refractivity contribution in [1.29, 1.82) is 0 Å². The summed E-state index contributed by atoms with van der Waals surface area (Å²) in [6.07, 6.45) is 4.14. The van der Waals surface area contributed by atoms with Gasteiger partial charge in [0.1, 0.15) is 0 Å². The maximum atomic E-state index is 10.8. The van der Waals surface area contributed by atoms with Crippen LogP contribution in [0.1, 0.15) is 28.7 Å². The van der Waals surface area contributed by atoms with E-state index in [2.05, 4.69) is 17.0 Å². The highest BCUT2D eigenvalue weighted by Crippen LogP contribution is 2.26. The molecule has 0 aromatic carbocycles. The molecule has 0 fully saturated rings. The number of carbonyl (C=O) groups is 1. The molecule has 0 aliphatic carbocycles. The summed E-state index contributed by atoms with van der Waals surface area (Å²) in [6.45, 7) is 6.91. The number of carbonyl (C=O) groups excluding carboxylic acids is 1. The molecule has 0 aliphatic rings. The number of aryl methyl sites for hydroxylation is 2. The summed E-state index contributed by atoms with van der Waals surface area (Å²) in [4.78, 5) is 14.8. The van der Waals surface area contributed by atoms with E-state index in [1.807, 2.05) is 24.6 Å². The van der Waals surface area contributed by atoms with Gasteiger partial charge in [0.15, 0.2) is 6.29 Å². The molecule has 4 nitrogen and oxygen atoms in total. The van der Waals surface area contributed by atoms with Crippen molar-refractivity contribution in [2.24, 2.45) is 0 Å². The summed E-state index contributed by atoms with van der Waals surface area (Å²) >= 11 is 0.